The molecule has 0 aliphatic heterocycles. The first-order chi connectivity index (χ1) is 9.47. The van der Waals surface area contributed by atoms with Gasteiger partial charge in [-0.25, -0.2) is 9.37 Å². The molecule has 1 heterocycles. The molecule has 3 N–H and O–H groups in total. The number of aromatic nitrogens is 1. The Kier molecular flexibility index (Phi) is 3.56. The number of halogens is 1. The summed E-state index contributed by atoms with van der Waals surface area (Å²) in [5.74, 6) is -1.23. The van der Waals surface area contributed by atoms with Gasteiger partial charge in [-0.3, -0.25) is 14.9 Å². The molecule has 0 aliphatic carbocycles. The highest BCUT2D eigenvalue weighted by Crippen LogP contribution is 2.21. The van der Waals surface area contributed by atoms with Crippen molar-refractivity contribution in [1.82, 2.24) is 4.98 Å². The molecule has 0 fully saturated rings. The van der Waals surface area contributed by atoms with E-state index in [2.05, 4.69) is 10.3 Å². The number of rotatable bonds is 3. The number of hydrogen-bond acceptors (Lipinski definition) is 5. The van der Waals surface area contributed by atoms with Crippen molar-refractivity contribution < 1.29 is 14.1 Å². The van der Waals surface area contributed by atoms with Gasteiger partial charge < -0.3 is 11.1 Å². The first-order valence-electron chi connectivity index (χ1n) is 5.44. The maximum atomic E-state index is 13.6. The summed E-state index contributed by atoms with van der Waals surface area (Å²) >= 11 is 0. The molecule has 1 aromatic heterocycles. The van der Waals surface area contributed by atoms with Crippen molar-refractivity contribution in [2.24, 2.45) is 0 Å². The predicted octanol–water partition coefficient (Wildman–Crippen LogP) is 1.96. The van der Waals surface area contributed by atoms with Crippen LogP contribution in [0, 0.1) is 15.9 Å². The molecule has 0 atom stereocenters. The van der Waals surface area contributed by atoms with Crippen molar-refractivity contribution in [3.63, 3.8) is 0 Å². The molecule has 20 heavy (non-hydrogen) atoms. The lowest BCUT2D eigenvalue weighted by atomic mass is 10.2. The van der Waals surface area contributed by atoms with Crippen molar-refractivity contribution in [1.29, 1.82) is 0 Å². The molecule has 8 heteroatoms. The average Bonchev–Trinajstić information content (AvgIpc) is 2.41. The SMILES string of the molecule is Nc1ccc(C(=O)Nc2ccc([N+](=O)[O-])cc2F)cn1. The van der Waals surface area contributed by atoms with Crippen LogP contribution in [-0.4, -0.2) is 15.8 Å². The Bertz CT molecular complexity index is 673. The van der Waals surface area contributed by atoms with E-state index < -0.39 is 22.3 Å². The fourth-order valence-electron chi connectivity index (χ4n) is 1.45. The summed E-state index contributed by atoms with van der Waals surface area (Å²) in [6.45, 7) is 0. The Hall–Kier alpha value is -3.03. The molecule has 1 amide bonds. The van der Waals surface area contributed by atoms with Gasteiger partial charge in [0, 0.05) is 12.3 Å². The number of nitrogens with zero attached hydrogens (tertiary/aromatic N) is 2. The monoisotopic (exact) mass is 276 g/mol. The van der Waals surface area contributed by atoms with Gasteiger partial charge in [0.2, 0.25) is 0 Å². The Morgan fingerprint density at radius 1 is 1.35 bits per heavy atom. The van der Waals surface area contributed by atoms with Crippen LogP contribution >= 0.6 is 0 Å². The fraction of sp³-hybridized carbons (Fsp3) is 0. The highest BCUT2D eigenvalue weighted by atomic mass is 19.1. The number of anilines is 2. The molecular formula is C12H9FN4O3. The number of nitrogens with one attached hydrogen (secondary N) is 1. The molecule has 7 nitrogen and oxygen atoms in total. The normalized spacial score (nSPS) is 10.1. The summed E-state index contributed by atoms with van der Waals surface area (Å²) in [6, 6.07) is 5.81. The maximum Gasteiger partial charge on any atom is 0.272 e. The number of nitrogens with two attached hydrogens (primary N) is 1. The molecule has 2 aromatic rings. The van der Waals surface area contributed by atoms with Gasteiger partial charge in [-0.2, -0.15) is 0 Å². The average molecular weight is 276 g/mol. The van der Waals surface area contributed by atoms with Gasteiger partial charge in [-0.1, -0.05) is 0 Å². The van der Waals surface area contributed by atoms with Gasteiger partial charge in [0.05, 0.1) is 22.2 Å². The summed E-state index contributed by atoms with van der Waals surface area (Å²) < 4.78 is 13.6. The smallest absolute Gasteiger partial charge is 0.272 e. The minimum Gasteiger partial charge on any atom is -0.384 e. The Balaban J connectivity index is 2.19. The molecule has 0 unspecified atom stereocenters. The Morgan fingerprint density at radius 2 is 2.10 bits per heavy atom. The van der Waals surface area contributed by atoms with Gasteiger partial charge in [-0.15, -0.1) is 0 Å². The Labute approximate surface area is 112 Å². The number of hydrogen-bond donors (Lipinski definition) is 2. The lowest BCUT2D eigenvalue weighted by Crippen LogP contribution is -2.13. The largest absolute Gasteiger partial charge is 0.384 e. The molecule has 102 valence electrons. The van der Waals surface area contributed by atoms with E-state index in [9.17, 15) is 19.3 Å². The standard InChI is InChI=1S/C12H9FN4O3/c13-9-5-8(17(19)20)2-3-10(9)16-12(18)7-1-4-11(14)15-6-7/h1-6H,(H2,14,15)(H,16,18). The number of benzene rings is 1. The molecule has 0 saturated carbocycles. The number of pyridine rings is 1. The Morgan fingerprint density at radius 3 is 2.65 bits per heavy atom. The van der Waals surface area contributed by atoms with Crippen LogP contribution in [0.1, 0.15) is 10.4 Å². The zero-order valence-corrected chi connectivity index (χ0v) is 10.0. The zero-order chi connectivity index (χ0) is 14.7. The topological polar surface area (TPSA) is 111 Å². The molecule has 0 bridgehead atoms. The number of non-ortho nitro benzene ring substituents is 1. The predicted molar refractivity (Wildman–Crippen MR) is 69.7 cm³/mol. The van der Waals surface area contributed by atoms with E-state index in [4.69, 9.17) is 5.73 Å². The van der Waals surface area contributed by atoms with Crippen molar-refractivity contribution in [2.45, 2.75) is 0 Å². The summed E-state index contributed by atoms with van der Waals surface area (Å²) in [5, 5.41) is 12.8. The highest BCUT2D eigenvalue weighted by Gasteiger charge is 2.13. The summed E-state index contributed by atoms with van der Waals surface area (Å²) in [5.41, 5.74) is 5.02. The summed E-state index contributed by atoms with van der Waals surface area (Å²) in [6.07, 6.45) is 1.24. The second kappa shape index (κ2) is 5.31. The number of nitro groups is 1. The number of nitro benzene ring substituents is 1. The molecule has 0 aliphatic rings. The van der Waals surface area contributed by atoms with Crippen LogP contribution in [0.15, 0.2) is 36.5 Å². The molecular weight excluding hydrogens is 267 g/mol. The van der Waals surface area contributed by atoms with Crippen LogP contribution in [-0.2, 0) is 0 Å². The van der Waals surface area contributed by atoms with Crippen LogP contribution in [0.5, 0.6) is 0 Å². The van der Waals surface area contributed by atoms with Crippen LogP contribution in [0.25, 0.3) is 0 Å². The molecule has 0 radical (unpaired) electrons. The van der Waals surface area contributed by atoms with Gasteiger partial charge >= 0.3 is 0 Å². The van der Waals surface area contributed by atoms with E-state index in [1.54, 1.807) is 0 Å². The second-order valence-corrected chi connectivity index (χ2v) is 3.85. The fourth-order valence-corrected chi connectivity index (χ4v) is 1.45. The third-order valence-electron chi connectivity index (χ3n) is 2.46. The number of amides is 1. The van der Waals surface area contributed by atoms with Crippen molar-refractivity contribution in [2.75, 3.05) is 11.1 Å². The maximum absolute atomic E-state index is 13.6. The van der Waals surface area contributed by atoms with Gasteiger partial charge in [0.25, 0.3) is 11.6 Å². The van der Waals surface area contributed by atoms with Crippen LogP contribution in [0.3, 0.4) is 0 Å². The molecule has 1 aromatic carbocycles. The second-order valence-electron chi connectivity index (χ2n) is 3.85. The summed E-state index contributed by atoms with van der Waals surface area (Å²) in [7, 11) is 0. The lowest BCUT2D eigenvalue weighted by Gasteiger charge is -2.06. The number of carbonyl (C=O) groups excluding carboxylic acids is 1. The minimum absolute atomic E-state index is 0.155. The van der Waals surface area contributed by atoms with Gasteiger partial charge in [0.1, 0.15) is 5.82 Å². The van der Waals surface area contributed by atoms with E-state index in [0.29, 0.717) is 0 Å². The number of carbonyl (C=O) groups is 1. The van der Waals surface area contributed by atoms with Crippen LogP contribution in [0.4, 0.5) is 21.6 Å². The van der Waals surface area contributed by atoms with Gasteiger partial charge in [0.15, 0.2) is 5.82 Å². The summed E-state index contributed by atoms with van der Waals surface area (Å²) in [4.78, 5) is 25.3. The van der Waals surface area contributed by atoms with E-state index in [1.807, 2.05) is 0 Å². The van der Waals surface area contributed by atoms with Gasteiger partial charge in [-0.05, 0) is 18.2 Å². The molecule has 0 spiro atoms. The lowest BCUT2D eigenvalue weighted by molar-refractivity contribution is -0.385. The van der Waals surface area contributed by atoms with E-state index >= 15 is 0 Å². The van der Waals surface area contributed by atoms with Crippen molar-refractivity contribution in [3.05, 3.63) is 58.0 Å². The zero-order valence-electron chi connectivity index (χ0n) is 10.0. The quantitative estimate of drug-likeness (QED) is 0.657. The van der Waals surface area contributed by atoms with Crippen molar-refractivity contribution in [3.8, 4) is 0 Å². The third kappa shape index (κ3) is 2.86. The number of nitrogen functional groups attached to an aromatic ring is 1. The molecule has 0 saturated heterocycles. The van der Waals surface area contributed by atoms with Crippen molar-refractivity contribution >= 4 is 23.1 Å². The third-order valence-corrected chi connectivity index (χ3v) is 2.46. The highest BCUT2D eigenvalue weighted by molar-refractivity contribution is 6.04. The first-order valence-corrected chi connectivity index (χ1v) is 5.44. The first kappa shape index (κ1) is 13.4. The minimum atomic E-state index is -0.893. The van der Waals surface area contributed by atoms with Crippen LogP contribution < -0.4 is 11.1 Å². The van der Waals surface area contributed by atoms with E-state index in [-0.39, 0.29) is 17.1 Å². The van der Waals surface area contributed by atoms with Crippen LogP contribution in [0.2, 0.25) is 0 Å². The molecule has 2 rings (SSSR count). The van der Waals surface area contributed by atoms with E-state index in [0.717, 1.165) is 18.2 Å². The van der Waals surface area contributed by atoms with E-state index in [1.165, 1.54) is 18.3 Å².